The van der Waals surface area contributed by atoms with Crippen LogP contribution in [-0.4, -0.2) is 0 Å². The number of benzene rings is 1. The van der Waals surface area contributed by atoms with E-state index in [1.54, 1.807) is 11.3 Å². The van der Waals surface area contributed by atoms with Crippen LogP contribution in [0.3, 0.4) is 0 Å². The van der Waals surface area contributed by atoms with Gasteiger partial charge in [-0.15, -0.1) is 11.3 Å². The van der Waals surface area contributed by atoms with Crippen molar-refractivity contribution in [3.8, 4) is 0 Å². The lowest BCUT2D eigenvalue weighted by Gasteiger charge is -2.12. The van der Waals surface area contributed by atoms with Crippen LogP contribution in [0.15, 0.2) is 39.5 Å². The van der Waals surface area contributed by atoms with E-state index in [1.807, 2.05) is 0 Å². The molecule has 1 heterocycles. The van der Waals surface area contributed by atoms with Crippen LogP contribution in [0.4, 0.5) is 0 Å². The summed E-state index contributed by atoms with van der Waals surface area (Å²) in [6, 6.07) is 11.1. The highest BCUT2D eigenvalue weighted by molar-refractivity contribution is 9.11. The summed E-state index contributed by atoms with van der Waals surface area (Å²) in [7, 11) is 0. The fourth-order valence-electron chi connectivity index (χ4n) is 1.88. The van der Waals surface area contributed by atoms with E-state index < -0.39 is 0 Å². The van der Waals surface area contributed by atoms with Gasteiger partial charge in [0.1, 0.15) is 0 Å². The molecule has 0 N–H and O–H groups in total. The van der Waals surface area contributed by atoms with Crippen LogP contribution in [0.25, 0.3) is 0 Å². The van der Waals surface area contributed by atoms with E-state index in [9.17, 15) is 0 Å². The van der Waals surface area contributed by atoms with E-state index >= 15 is 0 Å². The molecule has 0 fully saturated rings. The standard InChI is InChI=1S/C15H16Br2S/c1-3-10(2)11-4-6-12(7-5-11)15(17)13-8-14(16)18-9-13/h4-10,15H,3H2,1-2H3. The Morgan fingerprint density at radius 3 is 2.22 bits per heavy atom. The molecule has 2 aromatic rings. The molecule has 0 aliphatic heterocycles. The first kappa shape index (κ1) is 14.3. The molecule has 0 radical (unpaired) electrons. The van der Waals surface area contributed by atoms with Crippen LogP contribution in [0.5, 0.6) is 0 Å². The Bertz CT molecular complexity index is 501. The zero-order chi connectivity index (χ0) is 13.1. The van der Waals surface area contributed by atoms with Crippen molar-refractivity contribution in [2.75, 3.05) is 0 Å². The third-order valence-electron chi connectivity index (χ3n) is 3.29. The van der Waals surface area contributed by atoms with Crippen molar-refractivity contribution in [3.63, 3.8) is 0 Å². The van der Waals surface area contributed by atoms with Gasteiger partial charge in [-0.2, -0.15) is 0 Å². The molecule has 0 aliphatic rings. The maximum absolute atomic E-state index is 3.77. The molecule has 2 atom stereocenters. The second kappa shape index (κ2) is 6.36. The lowest BCUT2D eigenvalue weighted by molar-refractivity contribution is 0.733. The van der Waals surface area contributed by atoms with Gasteiger partial charge in [0.05, 0.1) is 8.61 Å². The minimum absolute atomic E-state index is 0.283. The van der Waals surface area contributed by atoms with E-state index in [2.05, 4.69) is 81.4 Å². The minimum Gasteiger partial charge on any atom is -0.136 e. The van der Waals surface area contributed by atoms with Crippen LogP contribution in [0, 0.1) is 0 Å². The maximum atomic E-state index is 3.77. The van der Waals surface area contributed by atoms with Gasteiger partial charge in [0.2, 0.25) is 0 Å². The average molecular weight is 388 g/mol. The predicted octanol–water partition coefficient (Wildman–Crippen LogP) is 6.51. The van der Waals surface area contributed by atoms with Gasteiger partial charge < -0.3 is 0 Å². The Labute approximate surface area is 130 Å². The number of halogens is 2. The number of hydrogen-bond donors (Lipinski definition) is 0. The van der Waals surface area contributed by atoms with E-state index in [4.69, 9.17) is 0 Å². The highest BCUT2D eigenvalue weighted by atomic mass is 79.9. The van der Waals surface area contributed by atoms with E-state index in [0.717, 1.165) is 0 Å². The minimum atomic E-state index is 0.283. The predicted molar refractivity (Wildman–Crippen MR) is 87.9 cm³/mol. The van der Waals surface area contributed by atoms with Gasteiger partial charge in [0, 0.05) is 0 Å². The molecule has 0 saturated carbocycles. The average Bonchev–Trinajstić information content (AvgIpc) is 2.84. The molecule has 96 valence electrons. The summed E-state index contributed by atoms with van der Waals surface area (Å²) in [6.07, 6.45) is 1.19. The van der Waals surface area contributed by atoms with E-state index in [1.165, 1.54) is 26.9 Å². The molecule has 0 bridgehead atoms. The summed E-state index contributed by atoms with van der Waals surface area (Å²) in [5.41, 5.74) is 4.04. The zero-order valence-electron chi connectivity index (χ0n) is 10.5. The Hall–Kier alpha value is -0.120. The van der Waals surface area contributed by atoms with Crippen molar-refractivity contribution in [1.29, 1.82) is 0 Å². The van der Waals surface area contributed by atoms with Crippen molar-refractivity contribution in [1.82, 2.24) is 0 Å². The molecule has 0 saturated heterocycles. The van der Waals surface area contributed by atoms with E-state index in [0.29, 0.717) is 5.92 Å². The fourth-order valence-corrected chi connectivity index (χ4v) is 3.82. The summed E-state index contributed by atoms with van der Waals surface area (Å²) in [5.74, 6) is 0.642. The Kier molecular flexibility index (Phi) is 5.05. The first-order valence-corrected chi connectivity index (χ1v) is 8.68. The molecule has 2 rings (SSSR count). The monoisotopic (exact) mass is 386 g/mol. The SMILES string of the molecule is CCC(C)c1ccc(C(Br)c2csc(Br)c2)cc1. The van der Waals surface area contributed by atoms with Crippen LogP contribution >= 0.6 is 43.2 Å². The third-order valence-corrected chi connectivity index (χ3v) is 5.87. The summed E-state index contributed by atoms with van der Waals surface area (Å²) in [4.78, 5) is 0.283. The topological polar surface area (TPSA) is 0 Å². The van der Waals surface area contributed by atoms with Crippen molar-refractivity contribution in [3.05, 3.63) is 56.2 Å². The number of hydrogen-bond acceptors (Lipinski definition) is 1. The van der Waals surface area contributed by atoms with Crippen LogP contribution < -0.4 is 0 Å². The molecule has 0 amide bonds. The first-order valence-electron chi connectivity index (χ1n) is 6.09. The largest absolute Gasteiger partial charge is 0.136 e. The van der Waals surface area contributed by atoms with E-state index in [-0.39, 0.29) is 4.83 Å². The second-order valence-electron chi connectivity index (χ2n) is 4.52. The Morgan fingerprint density at radius 1 is 1.11 bits per heavy atom. The first-order chi connectivity index (χ1) is 8.61. The number of alkyl halides is 1. The molecule has 3 heteroatoms. The highest BCUT2D eigenvalue weighted by Crippen LogP contribution is 2.35. The lowest BCUT2D eigenvalue weighted by Crippen LogP contribution is -1.94. The highest BCUT2D eigenvalue weighted by Gasteiger charge is 2.12. The molecule has 1 aromatic heterocycles. The van der Waals surface area contributed by atoms with Crippen LogP contribution in [0.1, 0.15) is 47.7 Å². The molecule has 0 aliphatic carbocycles. The van der Waals surface area contributed by atoms with Crippen LogP contribution in [-0.2, 0) is 0 Å². The summed E-state index contributed by atoms with van der Waals surface area (Å²) in [5, 5.41) is 2.19. The second-order valence-corrected chi connectivity index (χ2v) is 7.73. The molecular formula is C15H16Br2S. The zero-order valence-corrected chi connectivity index (χ0v) is 14.5. The van der Waals surface area contributed by atoms with Crippen LogP contribution in [0.2, 0.25) is 0 Å². The van der Waals surface area contributed by atoms with Crippen molar-refractivity contribution >= 4 is 43.2 Å². The number of rotatable bonds is 4. The van der Waals surface area contributed by atoms with Crippen molar-refractivity contribution in [2.45, 2.75) is 31.0 Å². The van der Waals surface area contributed by atoms with Gasteiger partial charge in [-0.25, -0.2) is 0 Å². The molecule has 0 nitrogen and oxygen atoms in total. The quantitative estimate of drug-likeness (QED) is 0.524. The smallest absolute Gasteiger partial charge is 0.0701 e. The van der Waals surface area contributed by atoms with Gasteiger partial charge in [0.25, 0.3) is 0 Å². The number of thiophene rings is 1. The van der Waals surface area contributed by atoms with Gasteiger partial charge in [0.15, 0.2) is 0 Å². The lowest BCUT2D eigenvalue weighted by atomic mass is 9.96. The van der Waals surface area contributed by atoms with Gasteiger partial charge in [-0.3, -0.25) is 0 Å². The Balaban J connectivity index is 2.19. The third kappa shape index (κ3) is 3.25. The molecule has 18 heavy (non-hydrogen) atoms. The summed E-state index contributed by atoms with van der Waals surface area (Å²) in [6.45, 7) is 4.51. The molecule has 1 aromatic carbocycles. The van der Waals surface area contributed by atoms with Gasteiger partial charge in [-0.05, 0) is 56.4 Å². The summed E-state index contributed by atoms with van der Waals surface area (Å²) < 4.78 is 1.18. The fraction of sp³-hybridized carbons (Fsp3) is 0.333. The molecule has 2 unspecified atom stereocenters. The van der Waals surface area contributed by atoms with Gasteiger partial charge in [-0.1, -0.05) is 54.0 Å². The van der Waals surface area contributed by atoms with Gasteiger partial charge >= 0.3 is 0 Å². The molecular weight excluding hydrogens is 372 g/mol. The Morgan fingerprint density at radius 2 is 1.72 bits per heavy atom. The molecule has 0 spiro atoms. The van der Waals surface area contributed by atoms with Crippen molar-refractivity contribution < 1.29 is 0 Å². The normalized spacial score (nSPS) is 14.4. The summed E-state index contributed by atoms with van der Waals surface area (Å²) >= 11 is 9.01. The van der Waals surface area contributed by atoms with Crippen molar-refractivity contribution in [2.24, 2.45) is 0 Å². The maximum Gasteiger partial charge on any atom is 0.0701 e.